The van der Waals surface area contributed by atoms with Gasteiger partial charge < -0.3 is 9.84 Å². The number of rotatable bonds is 5. The summed E-state index contributed by atoms with van der Waals surface area (Å²) in [6.07, 6.45) is 0.650. The van der Waals surface area contributed by atoms with Gasteiger partial charge in [0.1, 0.15) is 0 Å². The molecule has 0 saturated heterocycles. The van der Waals surface area contributed by atoms with Gasteiger partial charge in [-0.1, -0.05) is 28.9 Å². The van der Waals surface area contributed by atoms with Crippen LogP contribution in [0.2, 0.25) is 5.02 Å². The fourth-order valence-electron chi connectivity index (χ4n) is 1.68. The zero-order valence-electron chi connectivity index (χ0n) is 10.9. The monoisotopic (exact) mass is 295 g/mol. The SMILES string of the molecule is CCOC(=O)c1cn(C[C@H](O)c2cccc(Cl)c2)nn1. The van der Waals surface area contributed by atoms with Gasteiger partial charge in [-0.25, -0.2) is 9.48 Å². The lowest BCUT2D eigenvalue weighted by molar-refractivity contribution is 0.0519. The van der Waals surface area contributed by atoms with Gasteiger partial charge in [-0.3, -0.25) is 0 Å². The van der Waals surface area contributed by atoms with E-state index >= 15 is 0 Å². The van der Waals surface area contributed by atoms with Crippen LogP contribution in [0.1, 0.15) is 29.1 Å². The molecule has 1 aromatic carbocycles. The van der Waals surface area contributed by atoms with Crippen LogP contribution in [0.25, 0.3) is 0 Å². The van der Waals surface area contributed by atoms with Crippen molar-refractivity contribution in [2.24, 2.45) is 0 Å². The maximum atomic E-state index is 11.4. The summed E-state index contributed by atoms with van der Waals surface area (Å²) in [5.74, 6) is -0.531. The highest BCUT2D eigenvalue weighted by atomic mass is 35.5. The first kappa shape index (κ1) is 14.5. The Labute approximate surface area is 120 Å². The molecular weight excluding hydrogens is 282 g/mol. The first-order valence-electron chi connectivity index (χ1n) is 6.11. The molecule has 0 aliphatic carbocycles. The number of carbonyl (C=O) groups excluding carboxylic acids is 1. The Morgan fingerprint density at radius 2 is 2.35 bits per heavy atom. The van der Waals surface area contributed by atoms with Crippen LogP contribution >= 0.6 is 11.6 Å². The Kier molecular flexibility index (Phi) is 4.70. The molecule has 2 aromatic rings. The lowest BCUT2D eigenvalue weighted by atomic mass is 10.1. The molecule has 1 heterocycles. The van der Waals surface area contributed by atoms with Crippen LogP contribution in [0.5, 0.6) is 0 Å². The molecule has 7 heteroatoms. The minimum Gasteiger partial charge on any atom is -0.461 e. The Balaban J connectivity index is 2.05. The van der Waals surface area contributed by atoms with Crippen molar-refractivity contribution in [1.29, 1.82) is 0 Å². The summed E-state index contributed by atoms with van der Waals surface area (Å²) < 4.78 is 6.20. The van der Waals surface area contributed by atoms with E-state index in [1.54, 1.807) is 31.2 Å². The van der Waals surface area contributed by atoms with Crippen molar-refractivity contribution in [2.45, 2.75) is 19.6 Å². The minimum absolute atomic E-state index is 0.116. The number of benzene rings is 1. The van der Waals surface area contributed by atoms with Crippen LogP contribution in [0, 0.1) is 0 Å². The normalized spacial score (nSPS) is 12.2. The smallest absolute Gasteiger partial charge is 0.360 e. The van der Waals surface area contributed by atoms with Crippen molar-refractivity contribution in [1.82, 2.24) is 15.0 Å². The third-order valence-corrected chi connectivity index (χ3v) is 2.85. The predicted molar refractivity (Wildman–Crippen MR) is 72.4 cm³/mol. The third kappa shape index (κ3) is 3.55. The van der Waals surface area contributed by atoms with Crippen LogP contribution in [0.15, 0.2) is 30.5 Å². The molecule has 0 saturated carbocycles. The number of aliphatic hydroxyl groups excluding tert-OH is 1. The first-order valence-corrected chi connectivity index (χ1v) is 6.48. The molecule has 0 spiro atoms. The van der Waals surface area contributed by atoms with Crippen molar-refractivity contribution in [3.05, 3.63) is 46.7 Å². The van der Waals surface area contributed by atoms with Crippen LogP contribution in [0.4, 0.5) is 0 Å². The highest BCUT2D eigenvalue weighted by Gasteiger charge is 2.14. The maximum absolute atomic E-state index is 11.4. The van der Waals surface area contributed by atoms with Crippen molar-refractivity contribution >= 4 is 17.6 Å². The van der Waals surface area contributed by atoms with Gasteiger partial charge in [0.05, 0.1) is 25.5 Å². The number of hydrogen-bond donors (Lipinski definition) is 1. The molecule has 0 aliphatic rings. The molecule has 0 bridgehead atoms. The van der Waals surface area contributed by atoms with Gasteiger partial charge in [0, 0.05) is 5.02 Å². The number of aliphatic hydroxyl groups is 1. The van der Waals surface area contributed by atoms with Gasteiger partial charge in [-0.05, 0) is 24.6 Å². The van der Waals surface area contributed by atoms with E-state index in [2.05, 4.69) is 10.3 Å². The van der Waals surface area contributed by atoms with E-state index < -0.39 is 12.1 Å². The number of carbonyl (C=O) groups is 1. The van der Waals surface area contributed by atoms with Gasteiger partial charge >= 0.3 is 5.97 Å². The third-order valence-electron chi connectivity index (χ3n) is 2.62. The lowest BCUT2D eigenvalue weighted by Gasteiger charge is -2.10. The first-order chi connectivity index (χ1) is 9.60. The van der Waals surface area contributed by atoms with Crippen LogP contribution in [-0.4, -0.2) is 32.7 Å². The molecule has 1 atom stereocenters. The molecular formula is C13H14ClN3O3. The molecule has 0 aliphatic heterocycles. The average molecular weight is 296 g/mol. The predicted octanol–water partition coefficient (Wildman–Crippen LogP) is 1.84. The summed E-state index contributed by atoms with van der Waals surface area (Å²) in [4.78, 5) is 11.4. The largest absolute Gasteiger partial charge is 0.461 e. The number of esters is 1. The van der Waals surface area contributed by atoms with Gasteiger partial charge in [0.15, 0.2) is 5.69 Å². The summed E-state index contributed by atoms with van der Waals surface area (Å²) in [5, 5.41) is 18.1. The number of nitrogens with zero attached hydrogens (tertiary/aromatic N) is 3. The number of aromatic nitrogens is 3. The summed E-state index contributed by atoms with van der Waals surface area (Å²) >= 11 is 5.87. The van der Waals surface area contributed by atoms with Crippen LogP contribution in [-0.2, 0) is 11.3 Å². The molecule has 0 radical (unpaired) electrons. The second-order valence-corrected chi connectivity index (χ2v) is 4.55. The van der Waals surface area contributed by atoms with E-state index in [-0.39, 0.29) is 18.8 Å². The fraction of sp³-hybridized carbons (Fsp3) is 0.308. The van der Waals surface area contributed by atoms with Gasteiger partial charge in [0.2, 0.25) is 0 Å². The maximum Gasteiger partial charge on any atom is 0.360 e. The average Bonchev–Trinajstić information content (AvgIpc) is 2.87. The number of hydrogen-bond acceptors (Lipinski definition) is 5. The molecule has 0 fully saturated rings. The Bertz CT molecular complexity index is 600. The molecule has 20 heavy (non-hydrogen) atoms. The quantitative estimate of drug-likeness (QED) is 0.852. The van der Waals surface area contributed by atoms with E-state index in [1.165, 1.54) is 10.9 Å². The zero-order valence-corrected chi connectivity index (χ0v) is 11.6. The second kappa shape index (κ2) is 6.49. The summed E-state index contributed by atoms with van der Waals surface area (Å²) in [6, 6.07) is 6.92. The zero-order chi connectivity index (χ0) is 14.5. The van der Waals surface area contributed by atoms with Crippen LogP contribution < -0.4 is 0 Å². The molecule has 0 unspecified atom stereocenters. The Hall–Kier alpha value is -1.92. The van der Waals surface area contributed by atoms with E-state index in [0.717, 1.165) is 0 Å². The van der Waals surface area contributed by atoms with Crippen molar-refractivity contribution in [2.75, 3.05) is 6.61 Å². The molecule has 0 amide bonds. The Morgan fingerprint density at radius 1 is 1.55 bits per heavy atom. The van der Waals surface area contributed by atoms with Gasteiger partial charge in [-0.15, -0.1) is 5.10 Å². The van der Waals surface area contributed by atoms with E-state index in [0.29, 0.717) is 10.6 Å². The van der Waals surface area contributed by atoms with Gasteiger partial charge in [0.25, 0.3) is 0 Å². The van der Waals surface area contributed by atoms with Crippen molar-refractivity contribution < 1.29 is 14.6 Å². The second-order valence-electron chi connectivity index (χ2n) is 4.12. The molecule has 1 N–H and O–H groups in total. The molecule has 106 valence electrons. The molecule has 1 aromatic heterocycles. The van der Waals surface area contributed by atoms with E-state index in [4.69, 9.17) is 16.3 Å². The highest BCUT2D eigenvalue weighted by Crippen LogP contribution is 2.18. The molecule has 6 nitrogen and oxygen atoms in total. The number of halogens is 1. The number of ether oxygens (including phenoxy) is 1. The standard InChI is InChI=1S/C13H14ClN3O3/c1-2-20-13(19)11-7-17(16-15-11)8-12(18)9-4-3-5-10(14)6-9/h3-7,12,18H,2,8H2,1H3/t12-/m0/s1. The topological polar surface area (TPSA) is 77.2 Å². The summed E-state index contributed by atoms with van der Waals surface area (Å²) in [5.41, 5.74) is 0.788. The van der Waals surface area contributed by atoms with Crippen LogP contribution in [0.3, 0.4) is 0 Å². The van der Waals surface area contributed by atoms with Crippen molar-refractivity contribution in [3.8, 4) is 0 Å². The molecule has 2 rings (SSSR count). The van der Waals surface area contributed by atoms with E-state index in [9.17, 15) is 9.90 Å². The Morgan fingerprint density at radius 3 is 3.05 bits per heavy atom. The lowest BCUT2D eigenvalue weighted by Crippen LogP contribution is -2.09. The van der Waals surface area contributed by atoms with E-state index in [1.807, 2.05) is 0 Å². The highest BCUT2D eigenvalue weighted by molar-refractivity contribution is 6.30. The summed E-state index contributed by atoms with van der Waals surface area (Å²) in [7, 11) is 0. The van der Waals surface area contributed by atoms with Crippen molar-refractivity contribution in [3.63, 3.8) is 0 Å². The fourth-order valence-corrected chi connectivity index (χ4v) is 1.88. The minimum atomic E-state index is -0.787. The summed E-state index contributed by atoms with van der Waals surface area (Å²) in [6.45, 7) is 2.16. The van der Waals surface area contributed by atoms with Gasteiger partial charge in [-0.2, -0.15) is 0 Å².